The number of nitrogens with zero attached hydrogens (tertiary/aromatic N) is 5. The standard InChI is InChI=1S/C18H25N5O3S2/c1-15-20-16(14-27-15)13-21-4-6-22(7-5-21)18-3-2-17(12-19-18)28(24,25)23-8-10-26-11-9-23/h2-3,12,14H,4-11,13H2,1H3. The van der Waals surface area contributed by atoms with E-state index in [0.29, 0.717) is 26.3 Å². The van der Waals surface area contributed by atoms with E-state index in [1.807, 2.05) is 13.0 Å². The monoisotopic (exact) mass is 423 g/mol. The quantitative estimate of drug-likeness (QED) is 0.715. The van der Waals surface area contributed by atoms with E-state index in [9.17, 15) is 8.42 Å². The number of morpholine rings is 1. The predicted molar refractivity (Wildman–Crippen MR) is 108 cm³/mol. The molecule has 8 nitrogen and oxygen atoms in total. The normalized spacial score (nSPS) is 19.8. The molecular weight excluding hydrogens is 398 g/mol. The molecule has 2 aromatic heterocycles. The Balaban J connectivity index is 1.35. The molecule has 0 atom stereocenters. The summed E-state index contributed by atoms with van der Waals surface area (Å²) in [6.45, 7) is 8.18. The second-order valence-corrected chi connectivity index (χ2v) is 9.99. The number of aryl methyl sites for hydroxylation is 1. The molecule has 0 amide bonds. The van der Waals surface area contributed by atoms with E-state index in [1.54, 1.807) is 17.4 Å². The molecule has 0 aliphatic carbocycles. The van der Waals surface area contributed by atoms with Gasteiger partial charge in [0.25, 0.3) is 0 Å². The van der Waals surface area contributed by atoms with Gasteiger partial charge in [-0.1, -0.05) is 0 Å². The highest BCUT2D eigenvalue weighted by Crippen LogP contribution is 2.20. The lowest BCUT2D eigenvalue weighted by atomic mass is 10.3. The van der Waals surface area contributed by atoms with Crippen LogP contribution in [0.2, 0.25) is 0 Å². The third kappa shape index (κ3) is 4.36. The first-order valence-electron chi connectivity index (χ1n) is 9.45. The topological polar surface area (TPSA) is 78.9 Å². The van der Waals surface area contributed by atoms with Gasteiger partial charge in [-0.2, -0.15) is 4.31 Å². The fourth-order valence-electron chi connectivity index (χ4n) is 3.49. The SMILES string of the molecule is Cc1nc(CN2CCN(c3ccc(S(=O)(=O)N4CCOCC4)cn3)CC2)cs1. The van der Waals surface area contributed by atoms with Crippen molar-refractivity contribution in [2.45, 2.75) is 18.4 Å². The van der Waals surface area contributed by atoms with Crippen molar-refractivity contribution in [2.75, 3.05) is 57.4 Å². The number of anilines is 1. The van der Waals surface area contributed by atoms with Gasteiger partial charge in [-0.3, -0.25) is 4.90 Å². The van der Waals surface area contributed by atoms with Crippen molar-refractivity contribution in [1.82, 2.24) is 19.2 Å². The van der Waals surface area contributed by atoms with Gasteiger partial charge < -0.3 is 9.64 Å². The molecule has 0 bridgehead atoms. The van der Waals surface area contributed by atoms with Crippen LogP contribution in [-0.4, -0.2) is 80.1 Å². The lowest BCUT2D eigenvalue weighted by molar-refractivity contribution is 0.0730. The van der Waals surface area contributed by atoms with E-state index < -0.39 is 10.0 Å². The third-order valence-corrected chi connectivity index (χ3v) is 7.78. The highest BCUT2D eigenvalue weighted by atomic mass is 32.2. The highest BCUT2D eigenvalue weighted by molar-refractivity contribution is 7.89. The largest absolute Gasteiger partial charge is 0.379 e. The minimum absolute atomic E-state index is 0.246. The van der Waals surface area contributed by atoms with Crippen molar-refractivity contribution in [3.8, 4) is 0 Å². The Labute approximate surface area is 169 Å². The van der Waals surface area contributed by atoms with Crippen LogP contribution in [0, 0.1) is 6.92 Å². The van der Waals surface area contributed by atoms with Gasteiger partial charge in [-0.25, -0.2) is 18.4 Å². The zero-order chi connectivity index (χ0) is 19.6. The predicted octanol–water partition coefficient (Wildman–Crippen LogP) is 1.19. The minimum Gasteiger partial charge on any atom is -0.379 e. The summed E-state index contributed by atoms with van der Waals surface area (Å²) in [5.74, 6) is 0.824. The van der Waals surface area contributed by atoms with Crippen LogP contribution in [0.1, 0.15) is 10.7 Å². The van der Waals surface area contributed by atoms with E-state index >= 15 is 0 Å². The number of thiazole rings is 1. The van der Waals surface area contributed by atoms with Crippen LogP contribution in [-0.2, 0) is 21.3 Å². The summed E-state index contributed by atoms with van der Waals surface area (Å²) >= 11 is 1.69. The zero-order valence-electron chi connectivity index (χ0n) is 16.0. The Kier molecular flexibility index (Phi) is 5.93. The van der Waals surface area contributed by atoms with E-state index in [4.69, 9.17) is 4.74 Å². The molecule has 10 heteroatoms. The lowest BCUT2D eigenvalue weighted by Gasteiger charge is -2.35. The third-order valence-electron chi connectivity index (χ3n) is 5.08. The number of rotatable bonds is 5. The highest BCUT2D eigenvalue weighted by Gasteiger charge is 2.27. The molecule has 152 valence electrons. The number of hydrogen-bond donors (Lipinski definition) is 0. The van der Waals surface area contributed by atoms with Gasteiger partial charge in [0.15, 0.2) is 0 Å². The van der Waals surface area contributed by atoms with Gasteiger partial charge in [-0.15, -0.1) is 11.3 Å². The van der Waals surface area contributed by atoms with Crippen LogP contribution >= 0.6 is 11.3 Å². The summed E-state index contributed by atoms with van der Waals surface area (Å²) in [6.07, 6.45) is 1.48. The molecule has 4 rings (SSSR count). The smallest absolute Gasteiger partial charge is 0.244 e. The van der Waals surface area contributed by atoms with Gasteiger partial charge in [0, 0.05) is 57.4 Å². The molecular formula is C18H25N5O3S2. The van der Waals surface area contributed by atoms with Crippen molar-refractivity contribution in [3.63, 3.8) is 0 Å². The summed E-state index contributed by atoms with van der Waals surface area (Å²) in [5.41, 5.74) is 1.13. The van der Waals surface area contributed by atoms with Crippen molar-refractivity contribution in [3.05, 3.63) is 34.4 Å². The van der Waals surface area contributed by atoms with Gasteiger partial charge in [0.1, 0.15) is 10.7 Å². The van der Waals surface area contributed by atoms with Crippen molar-refractivity contribution >= 4 is 27.2 Å². The second kappa shape index (κ2) is 8.42. The van der Waals surface area contributed by atoms with Gasteiger partial charge in [0.2, 0.25) is 10.0 Å². The van der Waals surface area contributed by atoms with Crippen LogP contribution in [0.4, 0.5) is 5.82 Å². The summed E-state index contributed by atoms with van der Waals surface area (Å²) < 4.78 is 32.1. The number of aromatic nitrogens is 2. The van der Waals surface area contributed by atoms with Crippen molar-refractivity contribution in [2.24, 2.45) is 0 Å². The van der Waals surface area contributed by atoms with Crippen LogP contribution in [0.5, 0.6) is 0 Å². The van der Waals surface area contributed by atoms with E-state index in [-0.39, 0.29) is 4.90 Å². The Bertz CT molecular complexity index is 886. The number of piperazine rings is 1. The van der Waals surface area contributed by atoms with Crippen molar-refractivity contribution < 1.29 is 13.2 Å². The Morgan fingerprint density at radius 1 is 1.11 bits per heavy atom. The number of sulfonamides is 1. The van der Waals surface area contributed by atoms with E-state index in [0.717, 1.165) is 49.2 Å². The number of hydrogen-bond acceptors (Lipinski definition) is 8. The summed E-state index contributed by atoms with van der Waals surface area (Å²) in [6, 6.07) is 3.48. The van der Waals surface area contributed by atoms with E-state index in [2.05, 4.69) is 25.1 Å². The van der Waals surface area contributed by atoms with Gasteiger partial charge in [-0.05, 0) is 19.1 Å². The first-order chi connectivity index (χ1) is 13.5. The maximum Gasteiger partial charge on any atom is 0.244 e. The number of pyridine rings is 1. The Morgan fingerprint density at radius 3 is 2.46 bits per heavy atom. The van der Waals surface area contributed by atoms with Gasteiger partial charge >= 0.3 is 0 Å². The molecule has 0 spiro atoms. The van der Waals surface area contributed by atoms with Crippen molar-refractivity contribution in [1.29, 1.82) is 0 Å². The fourth-order valence-corrected chi connectivity index (χ4v) is 5.45. The maximum atomic E-state index is 12.7. The average Bonchev–Trinajstić information content (AvgIpc) is 3.14. The second-order valence-electron chi connectivity index (χ2n) is 6.99. The molecule has 2 aromatic rings. The molecule has 0 radical (unpaired) electrons. The summed E-state index contributed by atoms with van der Waals surface area (Å²) in [7, 11) is -3.49. The molecule has 0 N–H and O–H groups in total. The molecule has 0 unspecified atom stereocenters. The van der Waals surface area contributed by atoms with Crippen LogP contribution in [0.15, 0.2) is 28.6 Å². The summed E-state index contributed by atoms with van der Waals surface area (Å²) in [4.78, 5) is 13.8. The molecule has 0 aromatic carbocycles. The maximum absolute atomic E-state index is 12.7. The first-order valence-corrected chi connectivity index (χ1v) is 11.8. The van der Waals surface area contributed by atoms with Crippen LogP contribution in [0.3, 0.4) is 0 Å². The molecule has 2 fully saturated rings. The summed E-state index contributed by atoms with van der Waals surface area (Å²) in [5, 5.41) is 3.22. The number of ether oxygens (including phenoxy) is 1. The minimum atomic E-state index is -3.49. The Morgan fingerprint density at radius 2 is 1.86 bits per heavy atom. The molecule has 0 saturated carbocycles. The average molecular weight is 424 g/mol. The van der Waals surface area contributed by atoms with Crippen LogP contribution < -0.4 is 4.90 Å². The molecule has 2 aliphatic heterocycles. The van der Waals surface area contributed by atoms with E-state index in [1.165, 1.54) is 10.5 Å². The molecule has 2 saturated heterocycles. The lowest BCUT2D eigenvalue weighted by Crippen LogP contribution is -2.46. The Hall–Kier alpha value is -1.59. The zero-order valence-corrected chi connectivity index (χ0v) is 17.6. The van der Waals surface area contributed by atoms with Gasteiger partial charge in [0.05, 0.1) is 23.9 Å². The van der Waals surface area contributed by atoms with Crippen LogP contribution in [0.25, 0.3) is 0 Å². The molecule has 4 heterocycles. The first kappa shape index (κ1) is 19.7. The molecule has 28 heavy (non-hydrogen) atoms. The fraction of sp³-hybridized carbons (Fsp3) is 0.556. The molecule has 2 aliphatic rings.